The fourth-order valence-electron chi connectivity index (χ4n) is 3.80. The summed E-state index contributed by atoms with van der Waals surface area (Å²) in [5.74, 6) is -0.458. The lowest BCUT2D eigenvalue weighted by Crippen LogP contribution is -2.32. The molecule has 1 atom stereocenters. The minimum absolute atomic E-state index is 0.122. The maximum Gasteiger partial charge on any atom is 0.271 e. The van der Waals surface area contributed by atoms with Gasteiger partial charge in [0.05, 0.1) is 18.6 Å². The van der Waals surface area contributed by atoms with Crippen molar-refractivity contribution in [1.82, 2.24) is 19.3 Å². The van der Waals surface area contributed by atoms with Crippen molar-refractivity contribution in [1.29, 1.82) is 0 Å². The van der Waals surface area contributed by atoms with Crippen LogP contribution in [-0.2, 0) is 6.42 Å². The zero-order valence-electron chi connectivity index (χ0n) is 17.7. The molecule has 8 heteroatoms. The summed E-state index contributed by atoms with van der Waals surface area (Å²) in [6, 6.07) is 12.4. The van der Waals surface area contributed by atoms with Crippen molar-refractivity contribution in [2.75, 3.05) is 6.61 Å². The van der Waals surface area contributed by atoms with E-state index in [2.05, 4.69) is 10.1 Å². The van der Waals surface area contributed by atoms with Crippen molar-refractivity contribution in [3.05, 3.63) is 110 Å². The van der Waals surface area contributed by atoms with Gasteiger partial charge in [-0.05, 0) is 54.8 Å². The maximum absolute atomic E-state index is 13.7. The van der Waals surface area contributed by atoms with E-state index in [-0.39, 0.29) is 10.7 Å². The van der Waals surface area contributed by atoms with E-state index >= 15 is 0 Å². The summed E-state index contributed by atoms with van der Waals surface area (Å²) in [5, 5.41) is 14.1. The zero-order valence-corrected chi connectivity index (χ0v) is 18.4. The summed E-state index contributed by atoms with van der Waals surface area (Å²) in [6.45, 7) is 3.51. The number of halogens is 2. The van der Waals surface area contributed by atoms with Gasteiger partial charge in [0.25, 0.3) is 5.56 Å². The summed E-state index contributed by atoms with van der Waals surface area (Å²) in [7, 11) is 0. The first-order valence-electron chi connectivity index (χ1n) is 10.1. The van der Waals surface area contributed by atoms with Gasteiger partial charge in [0.2, 0.25) is 0 Å². The summed E-state index contributed by atoms with van der Waals surface area (Å²) in [6.07, 6.45) is 4.05. The molecule has 0 aliphatic heterocycles. The lowest BCUT2D eigenvalue weighted by molar-refractivity contribution is 0.236. The number of aliphatic hydroxyl groups excluding tert-OH is 1. The predicted octanol–water partition coefficient (Wildman–Crippen LogP) is 4.01. The first-order valence-corrected chi connectivity index (χ1v) is 10.5. The van der Waals surface area contributed by atoms with Gasteiger partial charge in [-0.1, -0.05) is 35.9 Å². The number of imidazole rings is 1. The molecular weight excluding hydrogens is 431 g/mol. The van der Waals surface area contributed by atoms with E-state index in [9.17, 15) is 14.3 Å². The van der Waals surface area contributed by atoms with Crippen LogP contribution in [0.4, 0.5) is 4.39 Å². The zero-order chi connectivity index (χ0) is 22.8. The van der Waals surface area contributed by atoms with Gasteiger partial charge in [-0.3, -0.25) is 4.79 Å². The molecular formula is C24H22ClFN4O2. The molecule has 0 fully saturated rings. The first kappa shape index (κ1) is 21.9. The quantitative estimate of drug-likeness (QED) is 0.479. The van der Waals surface area contributed by atoms with E-state index in [4.69, 9.17) is 11.6 Å². The van der Waals surface area contributed by atoms with Gasteiger partial charge in [-0.15, -0.1) is 0 Å². The van der Waals surface area contributed by atoms with Crippen LogP contribution in [0.3, 0.4) is 0 Å². The maximum atomic E-state index is 13.7. The molecule has 4 aromatic rings. The van der Waals surface area contributed by atoms with Crippen LogP contribution in [0.25, 0.3) is 5.69 Å². The molecule has 2 heterocycles. The first-order chi connectivity index (χ1) is 15.4. The Morgan fingerprint density at radius 3 is 2.62 bits per heavy atom. The highest BCUT2D eigenvalue weighted by molar-refractivity contribution is 6.29. The number of benzene rings is 2. The molecule has 0 aliphatic carbocycles. The molecule has 0 aliphatic rings. The lowest BCUT2D eigenvalue weighted by Gasteiger charge is -2.18. The Morgan fingerprint density at radius 1 is 1.16 bits per heavy atom. The third-order valence-electron chi connectivity index (χ3n) is 5.33. The topological polar surface area (TPSA) is 72.9 Å². The average Bonchev–Trinajstić information content (AvgIpc) is 3.18. The second kappa shape index (κ2) is 9.06. The molecule has 2 aromatic carbocycles. The van der Waals surface area contributed by atoms with Gasteiger partial charge in [-0.2, -0.15) is 5.10 Å². The number of hydrogen-bond donors (Lipinski definition) is 1. The van der Waals surface area contributed by atoms with Crippen LogP contribution in [-0.4, -0.2) is 31.0 Å². The van der Waals surface area contributed by atoms with Crippen molar-refractivity contribution in [2.45, 2.75) is 26.3 Å². The van der Waals surface area contributed by atoms with Crippen molar-refractivity contribution < 1.29 is 9.50 Å². The van der Waals surface area contributed by atoms with Gasteiger partial charge in [0.15, 0.2) is 0 Å². The highest BCUT2D eigenvalue weighted by Crippen LogP contribution is 2.21. The van der Waals surface area contributed by atoms with Gasteiger partial charge in [-0.25, -0.2) is 14.1 Å². The van der Waals surface area contributed by atoms with Crippen LogP contribution in [0.2, 0.25) is 5.15 Å². The van der Waals surface area contributed by atoms with Crippen molar-refractivity contribution in [3.8, 4) is 5.69 Å². The van der Waals surface area contributed by atoms with Crippen LogP contribution in [0.1, 0.15) is 34.0 Å². The Labute approximate surface area is 189 Å². The van der Waals surface area contributed by atoms with E-state index in [1.165, 1.54) is 24.3 Å². The van der Waals surface area contributed by atoms with Gasteiger partial charge >= 0.3 is 0 Å². The van der Waals surface area contributed by atoms with Crippen LogP contribution in [0, 0.1) is 19.7 Å². The fourth-order valence-corrected chi connectivity index (χ4v) is 4.01. The Kier molecular flexibility index (Phi) is 6.21. The number of aliphatic hydroxyl groups is 1. The SMILES string of the molecule is Cc1cn(-c2ccc(Cc3cc(Cl)nn([C@@H](CO)c4cccc(F)c4)c3=O)cc2C)cn1. The smallest absolute Gasteiger partial charge is 0.271 e. The third-order valence-corrected chi connectivity index (χ3v) is 5.51. The van der Waals surface area contributed by atoms with E-state index in [1.807, 2.05) is 42.8 Å². The molecule has 6 nitrogen and oxygen atoms in total. The van der Waals surface area contributed by atoms with Gasteiger partial charge < -0.3 is 9.67 Å². The molecule has 0 bridgehead atoms. The number of aromatic nitrogens is 4. The highest BCUT2D eigenvalue weighted by atomic mass is 35.5. The second-order valence-electron chi connectivity index (χ2n) is 7.72. The number of hydrogen-bond acceptors (Lipinski definition) is 4. The van der Waals surface area contributed by atoms with Crippen LogP contribution < -0.4 is 5.56 Å². The van der Waals surface area contributed by atoms with E-state index in [1.54, 1.807) is 12.4 Å². The number of rotatable bonds is 6. The molecule has 0 unspecified atom stereocenters. The van der Waals surface area contributed by atoms with E-state index in [0.29, 0.717) is 17.5 Å². The molecule has 164 valence electrons. The van der Waals surface area contributed by atoms with Crippen molar-refractivity contribution in [3.63, 3.8) is 0 Å². The average molecular weight is 453 g/mol. The number of aryl methyl sites for hydroxylation is 2. The monoisotopic (exact) mass is 452 g/mol. The normalized spacial score (nSPS) is 12.2. The molecule has 32 heavy (non-hydrogen) atoms. The molecule has 0 saturated carbocycles. The van der Waals surface area contributed by atoms with Gasteiger partial charge in [0, 0.05) is 23.9 Å². The molecule has 1 N–H and O–H groups in total. The fraction of sp³-hybridized carbons (Fsp3) is 0.208. The molecule has 0 saturated heterocycles. The number of nitrogens with zero attached hydrogens (tertiary/aromatic N) is 4. The standard InChI is InChI=1S/C24H22ClFN4O2/c1-15-8-17(6-7-21(15)29-12-16(2)27-14-29)9-19-11-23(25)28-30(24(19)32)22(13-31)18-4-3-5-20(26)10-18/h3-8,10-12,14,22,31H,9,13H2,1-2H3/t22-/m0/s1. The minimum atomic E-state index is -0.843. The Hall–Kier alpha value is -3.29. The Balaban J connectivity index is 1.69. The van der Waals surface area contributed by atoms with Crippen molar-refractivity contribution >= 4 is 11.6 Å². The van der Waals surface area contributed by atoms with Crippen molar-refractivity contribution in [2.24, 2.45) is 0 Å². The third kappa shape index (κ3) is 4.49. The van der Waals surface area contributed by atoms with Crippen LogP contribution in [0.15, 0.2) is 65.8 Å². The minimum Gasteiger partial charge on any atom is -0.394 e. The van der Waals surface area contributed by atoms with Crippen LogP contribution in [0.5, 0.6) is 0 Å². The van der Waals surface area contributed by atoms with E-state index in [0.717, 1.165) is 27.2 Å². The second-order valence-corrected chi connectivity index (χ2v) is 8.10. The molecule has 0 spiro atoms. The molecule has 4 rings (SSSR count). The largest absolute Gasteiger partial charge is 0.394 e. The van der Waals surface area contributed by atoms with Crippen LogP contribution >= 0.6 is 11.6 Å². The predicted molar refractivity (Wildman–Crippen MR) is 121 cm³/mol. The van der Waals surface area contributed by atoms with Gasteiger partial charge in [0.1, 0.15) is 17.0 Å². The molecule has 0 amide bonds. The lowest BCUT2D eigenvalue weighted by atomic mass is 10.0. The molecule has 2 aromatic heterocycles. The molecule has 0 radical (unpaired) electrons. The summed E-state index contributed by atoms with van der Waals surface area (Å²) in [4.78, 5) is 17.4. The summed E-state index contributed by atoms with van der Waals surface area (Å²) in [5.41, 5.74) is 4.39. The Bertz CT molecular complexity index is 1330. The Morgan fingerprint density at radius 2 is 1.97 bits per heavy atom. The highest BCUT2D eigenvalue weighted by Gasteiger charge is 2.19. The summed E-state index contributed by atoms with van der Waals surface area (Å²) < 4.78 is 16.8. The van der Waals surface area contributed by atoms with E-state index < -0.39 is 18.5 Å². The summed E-state index contributed by atoms with van der Waals surface area (Å²) >= 11 is 6.21.